The highest BCUT2D eigenvalue weighted by atomic mass is 32.3. The van der Waals surface area contributed by atoms with E-state index in [0.29, 0.717) is 11.4 Å². The van der Waals surface area contributed by atoms with Crippen LogP contribution in [0.2, 0.25) is 0 Å². The summed E-state index contributed by atoms with van der Waals surface area (Å²) in [5.41, 5.74) is 1.04. The van der Waals surface area contributed by atoms with Gasteiger partial charge in [0, 0.05) is 5.69 Å². The second-order valence-corrected chi connectivity index (χ2v) is 3.45. The van der Waals surface area contributed by atoms with E-state index in [4.69, 9.17) is 0 Å². The molecule has 0 unspecified atom stereocenters. The zero-order valence-electron chi connectivity index (χ0n) is 6.05. The van der Waals surface area contributed by atoms with Crippen LogP contribution in [0.5, 0.6) is 0 Å². The summed E-state index contributed by atoms with van der Waals surface area (Å²) in [5.74, 6) is 0. The predicted octanol–water partition coefficient (Wildman–Crippen LogP) is 0.685. The Morgan fingerprint density at radius 1 is 1.45 bits per heavy atom. The molecular formula is C5H7FN2O2S. The molecule has 0 radical (unpaired) electrons. The SMILES string of the molecule is Cc1nc(S(=O)(=O)F)[nH]c1C. The first kappa shape index (κ1) is 8.19. The Hall–Kier alpha value is -0.910. The summed E-state index contributed by atoms with van der Waals surface area (Å²) in [5, 5.41) is -0.618. The molecule has 1 rings (SSSR count). The molecule has 0 amide bonds. The van der Waals surface area contributed by atoms with Crippen molar-refractivity contribution in [1.82, 2.24) is 9.97 Å². The van der Waals surface area contributed by atoms with Crippen LogP contribution in [0.1, 0.15) is 11.4 Å². The number of hydrogen-bond acceptors (Lipinski definition) is 3. The van der Waals surface area contributed by atoms with Crippen LogP contribution in [0.4, 0.5) is 3.89 Å². The lowest BCUT2D eigenvalue weighted by Crippen LogP contribution is -1.94. The minimum absolute atomic E-state index is 0.487. The number of rotatable bonds is 1. The molecule has 6 heteroatoms. The van der Waals surface area contributed by atoms with Gasteiger partial charge in [-0.1, -0.05) is 3.89 Å². The van der Waals surface area contributed by atoms with Crippen LogP contribution in [-0.2, 0) is 10.2 Å². The third kappa shape index (κ3) is 1.56. The molecule has 0 bridgehead atoms. The molecule has 0 spiro atoms. The van der Waals surface area contributed by atoms with Crippen LogP contribution >= 0.6 is 0 Å². The summed E-state index contributed by atoms with van der Waals surface area (Å²) in [4.78, 5) is 5.77. The fraction of sp³-hybridized carbons (Fsp3) is 0.400. The zero-order chi connectivity index (χ0) is 8.65. The number of H-pyrrole nitrogens is 1. The Morgan fingerprint density at radius 3 is 2.18 bits per heavy atom. The summed E-state index contributed by atoms with van der Waals surface area (Å²) in [7, 11) is -4.67. The van der Waals surface area contributed by atoms with E-state index in [9.17, 15) is 12.3 Å². The Labute approximate surface area is 63.7 Å². The third-order valence-electron chi connectivity index (χ3n) is 1.34. The van der Waals surface area contributed by atoms with Crippen LogP contribution in [-0.4, -0.2) is 18.4 Å². The van der Waals surface area contributed by atoms with Crippen molar-refractivity contribution in [2.75, 3.05) is 0 Å². The number of aryl methyl sites for hydroxylation is 2. The highest BCUT2D eigenvalue weighted by molar-refractivity contribution is 7.86. The van der Waals surface area contributed by atoms with Crippen molar-refractivity contribution in [2.24, 2.45) is 0 Å². The topological polar surface area (TPSA) is 62.8 Å². The van der Waals surface area contributed by atoms with Gasteiger partial charge in [0.05, 0.1) is 5.69 Å². The highest BCUT2D eigenvalue weighted by Gasteiger charge is 2.16. The number of halogens is 1. The Morgan fingerprint density at radius 2 is 2.00 bits per heavy atom. The number of aromatic nitrogens is 2. The van der Waals surface area contributed by atoms with E-state index in [1.54, 1.807) is 13.8 Å². The summed E-state index contributed by atoms with van der Waals surface area (Å²) < 4.78 is 32.7. The fourth-order valence-electron chi connectivity index (χ4n) is 0.630. The Bertz CT molecular complexity index is 348. The number of nitrogens with one attached hydrogen (secondary N) is 1. The molecule has 1 aromatic rings. The molecule has 1 N–H and O–H groups in total. The Kier molecular flexibility index (Phi) is 1.71. The predicted molar refractivity (Wildman–Crippen MR) is 36.4 cm³/mol. The van der Waals surface area contributed by atoms with Crippen molar-refractivity contribution >= 4 is 10.2 Å². The van der Waals surface area contributed by atoms with Gasteiger partial charge in [-0.2, -0.15) is 8.42 Å². The second kappa shape index (κ2) is 2.30. The van der Waals surface area contributed by atoms with E-state index in [0.717, 1.165) is 0 Å². The number of imidazole rings is 1. The molecule has 1 aromatic heterocycles. The van der Waals surface area contributed by atoms with Gasteiger partial charge in [-0.25, -0.2) is 4.98 Å². The van der Waals surface area contributed by atoms with Crippen molar-refractivity contribution in [1.29, 1.82) is 0 Å². The number of hydrogen-bond donors (Lipinski definition) is 1. The van der Waals surface area contributed by atoms with Crippen LogP contribution in [0, 0.1) is 13.8 Å². The molecule has 11 heavy (non-hydrogen) atoms. The first-order chi connectivity index (χ1) is 4.91. The maximum Gasteiger partial charge on any atom is 0.366 e. The van der Waals surface area contributed by atoms with Gasteiger partial charge < -0.3 is 4.98 Å². The number of nitrogens with zero attached hydrogens (tertiary/aromatic N) is 1. The van der Waals surface area contributed by atoms with Gasteiger partial charge in [0.25, 0.3) is 5.16 Å². The van der Waals surface area contributed by atoms with Crippen molar-refractivity contribution in [3.8, 4) is 0 Å². The molecule has 0 aliphatic rings. The van der Waals surface area contributed by atoms with Crippen molar-refractivity contribution in [3.63, 3.8) is 0 Å². The van der Waals surface area contributed by atoms with Gasteiger partial charge in [0.2, 0.25) is 0 Å². The molecule has 0 atom stereocenters. The van der Waals surface area contributed by atoms with Gasteiger partial charge in [-0.15, -0.1) is 0 Å². The Balaban J connectivity index is 3.29. The quantitative estimate of drug-likeness (QED) is 0.643. The summed E-state index contributed by atoms with van der Waals surface area (Å²) in [6.45, 7) is 3.22. The lowest BCUT2D eigenvalue weighted by atomic mass is 10.4. The van der Waals surface area contributed by atoms with E-state index in [1.165, 1.54) is 0 Å². The van der Waals surface area contributed by atoms with E-state index in [2.05, 4.69) is 9.97 Å². The van der Waals surface area contributed by atoms with Crippen molar-refractivity contribution < 1.29 is 12.3 Å². The summed E-state index contributed by atoms with van der Waals surface area (Å²) >= 11 is 0. The van der Waals surface area contributed by atoms with Gasteiger partial charge in [0.1, 0.15) is 0 Å². The lowest BCUT2D eigenvalue weighted by molar-refractivity contribution is 0.543. The average Bonchev–Trinajstić information content (AvgIpc) is 2.11. The maximum atomic E-state index is 12.2. The van der Waals surface area contributed by atoms with Gasteiger partial charge >= 0.3 is 10.2 Å². The molecule has 0 aromatic carbocycles. The van der Waals surface area contributed by atoms with Gasteiger partial charge in [-0.05, 0) is 13.8 Å². The van der Waals surface area contributed by atoms with E-state index >= 15 is 0 Å². The molecule has 0 saturated heterocycles. The van der Waals surface area contributed by atoms with Crippen LogP contribution in [0.3, 0.4) is 0 Å². The van der Waals surface area contributed by atoms with E-state index in [1.807, 2.05) is 0 Å². The second-order valence-electron chi connectivity index (χ2n) is 2.19. The van der Waals surface area contributed by atoms with E-state index < -0.39 is 15.4 Å². The third-order valence-corrected chi connectivity index (χ3v) is 1.99. The van der Waals surface area contributed by atoms with E-state index in [-0.39, 0.29) is 0 Å². The zero-order valence-corrected chi connectivity index (χ0v) is 6.87. The van der Waals surface area contributed by atoms with Gasteiger partial charge in [0.15, 0.2) is 0 Å². The minimum atomic E-state index is -4.67. The molecule has 62 valence electrons. The molecule has 1 heterocycles. The largest absolute Gasteiger partial charge is 0.366 e. The van der Waals surface area contributed by atoms with Crippen LogP contribution < -0.4 is 0 Å². The smallest absolute Gasteiger partial charge is 0.330 e. The standard InChI is InChI=1S/C5H7FN2O2S/c1-3-4(2)8-5(7-3)11(6,9)10/h1-2H3,(H,7,8). The number of aromatic amines is 1. The van der Waals surface area contributed by atoms with Gasteiger partial charge in [-0.3, -0.25) is 0 Å². The lowest BCUT2D eigenvalue weighted by Gasteiger charge is -1.83. The van der Waals surface area contributed by atoms with Crippen molar-refractivity contribution in [2.45, 2.75) is 19.0 Å². The molecule has 0 saturated carbocycles. The first-order valence-electron chi connectivity index (χ1n) is 2.89. The van der Waals surface area contributed by atoms with Crippen LogP contribution in [0.15, 0.2) is 5.16 Å². The monoisotopic (exact) mass is 178 g/mol. The molecule has 0 aliphatic heterocycles. The minimum Gasteiger partial charge on any atom is -0.330 e. The first-order valence-corrected chi connectivity index (χ1v) is 4.27. The fourth-order valence-corrected chi connectivity index (χ4v) is 1.15. The summed E-state index contributed by atoms with van der Waals surface area (Å²) in [6.07, 6.45) is 0. The van der Waals surface area contributed by atoms with Crippen molar-refractivity contribution in [3.05, 3.63) is 11.4 Å². The highest BCUT2D eigenvalue weighted by Crippen LogP contribution is 2.10. The van der Waals surface area contributed by atoms with Crippen LogP contribution in [0.25, 0.3) is 0 Å². The summed E-state index contributed by atoms with van der Waals surface area (Å²) in [6, 6.07) is 0. The molecule has 4 nitrogen and oxygen atoms in total. The maximum absolute atomic E-state index is 12.2. The average molecular weight is 178 g/mol. The molecular weight excluding hydrogens is 171 g/mol. The molecule has 0 aliphatic carbocycles. The molecule has 0 fully saturated rings. The normalized spacial score (nSPS) is 11.9.